The second kappa shape index (κ2) is 4.57. The largest absolute Gasteiger partial charge is 0.481 e. The molecule has 92 valence electrons. The Morgan fingerprint density at radius 1 is 1.59 bits per heavy atom. The lowest BCUT2D eigenvalue weighted by atomic mass is 10.2. The van der Waals surface area contributed by atoms with Crippen LogP contribution in [0.4, 0.5) is 0 Å². The van der Waals surface area contributed by atoms with Crippen LogP contribution in [0, 0.1) is 0 Å². The van der Waals surface area contributed by atoms with Crippen LogP contribution in [0.5, 0.6) is 0 Å². The summed E-state index contributed by atoms with van der Waals surface area (Å²) < 4.78 is 1.56. The normalized spacial score (nSPS) is 14.6. The number of hydrogen-bond acceptors (Lipinski definition) is 3. The van der Waals surface area contributed by atoms with E-state index in [2.05, 4.69) is 5.10 Å². The molecule has 1 aliphatic carbocycles. The van der Waals surface area contributed by atoms with E-state index in [1.165, 1.54) is 6.20 Å². The Hall–Kier alpha value is -1.85. The second-order valence-corrected chi connectivity index (χ2v) is 4.28. The Morgan fingerprint density at radius 3 is 2.76 bits per heavy atom. The molecular formula is C11H15N3O3. The van der Waals surface area contributed by atoms with Crippen molar-refractivity contribution in [2.45, 2.75) is 25.3 Å². The van der Waals surface area contributed by atoms with Crippen LogP contribution in [0.15, 0.2) is 12.4 Å². The first-order valence-corrected chi connectivity index (χ1v) is 5.59. The summed E-state index contributed by atoms with van der Waals surface area (Å²) in [6.07, 6.45) is 5.08. The van der Waals surface area contributed by atoms with Gasteiger partial charge in [0.05, 0.1) is 18.2 Å². The number of nitrogens with zero attached hydrogens (tertiary/aromatic N) is 3. The molecule has 6 heteroatoms. The third-order valence-corrected chi connectivity index (χ3v) is 2.77. The molecule has 0 aromatic carbocycles. The second-order valence-electron chi connectivity index (χ2n) is 4.28. The SMILES string of the molecule is Cn1cc(C(=O)N(CCC(=O)O)C2CC2)cn1. The summed E-state index contributed by atoms with van der Waals surface area (Å²) in [6, 6.07) is 0.210. The maximum atomic E-state index is 12.1. The van der Waals surface area contributed by atoms with Crippen molar-refractivity contribution in [1.29, 1.82) is 0 Å². The van der Waals surface area contributed by atoms with Gasteiger partial charge in [0.2, 0.25) is 0 Å². The van der Waals surface area contributed by atoms with Crippen LogP contribution in [0.3, 0.4) is 0 Å². The van der Waals surface area contributed by atoms with Gasteiger partial charge in [-0.2, -0.15) is 5.10 Å². The Balaban J connectivity index is 2.05. The Bertz CT molecular complexity index is 437. The molecular weight excluding hydrogens is 222 g/mol. The maximum Gasteiger partial charge on any atom is 0.305 e. The van der Waals surface area contributed by atoms with Gasteiger partial charge < -0.3 is 10.0 Å². The highest BCUT2D eigenvalue weighted by atomic mass is 16.4. The molecule has 0 atom stereocenters. The average molecular weight is 237 g/mol. The number of rotatable bonds is 5. The highest BCUT2D eigenvalue weighted by Gasteiger charge is 2.33. The van der Waals surface area contributed by atoms with E-state index in [4.69, 9.17) is 5.11 Å². The minimum Gasteiger partial charge on any atom is -0.481 e. The highest BCUT2D eigenvalue weighted by Crippen LogP contribution is 2.28. The Labute approximate surface area is 98.8 Å². The lowest BCUT2D eigenvalue weighted by Gasteiger charge is -2.20. The average Bonchev–Trinajstić information content (AvgIpc) is 3.00. The molecule has 0 bridgehead atoms. The minimum absolute atomic E-state index is 0.0114. The quantitative estimate of drug-likeness (QED) is 0.809. The van der Waals surface area contributed by atoms with Gasteiger partial charge in [0, 0.05) is 25.8 Å². The third-order valence-electron chi connectivity index (χ3n) is 2.77. The summed E-state index contributed by atoms with van der Waals surface area (Å²) in [6.45, 7) is 0.272. The van der Waals surface area contributed by atoms with Gasteiger partial charge >= 0.3 is 5.97 Å². The molecule has 1 N–H and O–H groups in total. The van der Waals surface area contributed by atoms with Crippen molar-refractivity contribution in [2.24, 2.45) is 7.05 Å². The van der Waals surface area contributed by atoms with Crippen LogP contribution in [-0.2, 0) is 11.8 Å². The molecule has 0 spiro atoms. The molecule has 1 aromatic rings. The smallest absolute Gasteiger partial charge is 0.305 e. The number of hydrogen-bond donors (Lipinski definition) is 1. The zero-order valence-electron chi connectivity index (χ0n) is 9.67. The van der Waals surface area contributed by atoms with Crippen LogP contribution in [0.25, 0.3) is 0 Å². The van der Waals surface area contributed by atoms with E-state index in [1.807, 2.05) is 0 Å². The van der Waals surface area contributed by atoms with Crippen LogP contribution in [0.2, 0.25) is 0 Å². The molecule has 1 amide bonds. The fraction of sp³-hybridized carbons (Fsp3) is 0.545. The fourth-order valence-electron chi connectivity index (χ4n) is 1.75. The molecule has 0 aliphatic heterocycles. The van der Waals surface area contributed by atoms with Crippen molar-refractivity contribution in [2.75, 3.05) is 6.54 Å². The van der Waals surface area contributed by atoms with Crippen LogP contribution in [0.1, 0.15) is 29.6 Å². The van der Waals surface area contributed by atoms with E-state index in [1.54, 1.807) is 22.8 Å². The van der Waals surface area contributed by atoms with E-state index < -0.39 is 5.97 Å². The summed E-state index contributed by atoms with van der Waals surface area (Å²) in [7, 11) is 1.75. The molecule has 0 saturated heterocycles. The minimum atomic E-state index is -0.880. The number of carbonyl (C=O) groups excluding carboxylic acids is 1. The van der Waals surface area contributed by atoms with E-state index in [0.29, 0.717) is 5.56 Å². The number of aryl methyl sites for hydroxylation is 1. The van der Waals surface area contributed by atoms with Gasteiger partial charge in [0.1, 0.15) is 0 Å². The summed E-state index contributed by atoms with van der Waals surface area (Å²) in [4.78, 5) is 24.3. The van der Waals surface area contributed by atoms with Gasteiger partial charge in [-0.15, -0.1) is 0 Å². The molecule has 17 heavy (non-hydrogen) atoms. The van der Waals surface area contributed by atoms with Crippen molar-refractivity contribution < 1.29 is 14.7 Å². The number of carboxylic acid groups (broad SMARTS) is 1. The van der Waals surface area contributed by atoms with Gasteiger partial charge in [-0.3, -0.25) is 14.3 Å². The zero-order valence-corrected chi connectivity index (χ0v) is 9.67. The Kier molecular flexibility index (Phi) is 3.12. The fourth-order valence-corrected chi connectivity index (χ4v) is 1.75. The first kappa shape index (κ1) is 11.6. The van der Waals surface area contributed by atoms with Crippen molar-refractivity contribution in [3.63, 3.8) is 0 Å². The van der Waals surface area contributed by atoms with Crippen LogP contribution < -0.4 is 0 Å². The number of aromatic nitrogens is 2. The monoisotopic (exact) mass is 237 g/mol. The summed E-state index contributed by atoms with van der Waals surface area (Å²) in [5, 5.41) is 12.6. The van der Waals surface area contributed by atoms with E-state index >= 15 is 0 Å². The van der Waals surface area contributed by atoms with Gasteiger partial charge in [-0.1, -0.05) is 0 Å². The van der Waals surface area contributed by atoms with E-state index in [9.17, 15) is 9.59 Å². The summed E-state index contributed by atoms with van der Waals surface area (Å²) in [5.74, 6) is -1.00. The molecule has 1 saturated carbocycles. The first-order valence-electron chi connectivity index (χ1n) is 5.59. The van der Waals surface area contributed by atoms with Crippen molar-refractivity contribution in [3.8, 4) is 0 Å². The number of amides is 1. The molecule has 1 fully saturated rings. The van der Waals surface area contributed by atoms with E-state index in [0.717, 1.165) is 12.8 Å². The third kappa shape index (κ3) is 2.83. The molecule has 1 aliphatic rings. The highest BCUT2D eigenvalue weighted by molar-refractivity contribution is 5.94. The molecule has 1 heterocycles. The van der Waals surface area contributed by atoms with E-state index in [-0.39, 0.29) is 24.9 Å². The topological polar surface area (TPSA) is 75.4 Å². The maximum absolute atomic E-state index is 12.1. The van der Waals surface area contributed by atoms with Gasteiger partial charge in [0.25, 0.3) is 5.91 Å². The lowest BCUT2D eigenvalue weighted by molar-refractivity contribution is -0.137. The van der Waals surface area contributed by atoms with Crippen LogP contribution >= 0.6 is 0 Å². The molecule has 0 unspecified atom stereocenters. The van der Waals surface area contributed by atoms with Gasteiger partial charge in [-0.25, -0.2) is 0 Å². The van der Waals surface area contributed by atoms with Crippen molar-refractivity contribution >= 4 is 11.9 Å². The zero-order chi connectivity index (χ0) is 12.4. The standard InChI is InChI=1S/C11H15N3O3/c1-13-7-8(6-12-13)11(17)14(9-2-3-9)5-4-10(15)16/h6-7,9H,2-5H2,1H3,(H,15,16). The number of aliphatic carboxylic acids is 1. The Morgan fingerprint density at radius 2 is 2.29 bits per heavy atom. The van der Waals surface area contributed by atoms with Gasteiger partial charge in [-0.05, 0) is 12.8 Å². The molecule has 1 aromatic heterocycles. The van der Waals surface area contributed by atoms with Gasteiger partial charge in [0.15, 0.2) is 0 Å². The van der Waals surface area contributed by atoms with Crippen molar-refractivity contribution in [3.05, 3.63) is 18.0 Å². The van der Waals surface area contributed by atoms with Crippen LogP contribution in [-0.4, -0.2) is 44.3 Å². The predicted molar refractivity (Wildman–Crippen MR) is 59.5 cm³/mol. The molecule has 6 nitrogen and oxygen atoms in total. The predicted octanol–water partition coefficient (Wildman–Crippen LogP) is 0.499. The van der Waals surface area contributed by atoms with Crippen molar-refractivity contribution in [1.82, 2.24) is 14.7 Å². The number of carbonyl (C=O) groups is 2. The molecule has 0 radical (unpaired) electrons. The molecule has 2 rings (SSSR count). The lowest BCUT2D eigenvalue weighted by Crippen LogP contribution is -2.34. The number of carboxylic acids is 1. The summed E-state index contributed by atoms with van der Waals surface area (Å²) >= 11 is 0. The summed E-state index contributed by atoms with van der Waals surface area (Å²) in [5.41, 5.74) is 0.518. The first-order chi connectivity index (χ1) is 8.08.